The lowest BCUT2D eigenvalue weighted by atomic mass is 10.1. The highest BCUT2D eigenvalue weighted by atomic mass is 16.3. The number of carbonyl (C=O) groups is 1. The average Bonchev–Trinajstić information content (AvgIpc) is 2.37. The van der Waals surface area contributed by atoms with Crippen molar-refractivity contribution in [3.05, 3.63) is 53.2 Å². The van der Waals surface area contributed by atoms with Crippen LogP contribution < -0.4 is 11.5 Å². The molecular weight excluding hydrogens is 242 g/mol. The Balaban J connectivity index is 2.35. The van der Waals surface area contributed by atoms with Crippen molar-refractivity contribution in [2.45, 2.75) is 0 Å². The van der Waals surface area contributed by atoms with Gasteiger partial charge in [0, 0.05) is 17.3 Å². The van der Waals surface area contributed by atoms with Crippen molar-refractivity contribution in [2.24, 2.45) is 5.73 Å². The normalized spacial score (nSPS) is 9.47. The van der Waals surface area contributed by atoms with Gasteiger partial charge in [0.2, 0.25) is 0 Å². The lowest BCUT2D eigenvalue weighted by Crippen LogP contribution is -2.14. The monoisotopic (exact) mass is 253 g/mol. The summed E-state index contributed by atoms with van der Waals surface area (Å²) in [6.07, 6.45) is 1.46. The Morgan fingerprint density at radius 2 is 1.95 bits per heavy atom. The van der Waals surface area contributed by atoms with E-state index in [1.165, 1.54) is 18.3 Å². The van der Waals surface area contributed by atoms with Crippen LogP contribution >= 0.6 is 0 Å². The molecule has 0 unspecified atom stereocenters. The Morgan fingerprint density at radius 3 is 2.63 bits per heavy atom. The fourth-order valence-electron chi connectivity index (χ4n) is 1.47. The minimum atomic E-state index is -0.647. The Bertz CT molecular complexity index is 699. The number of phenols is 1. The number of benzene rings is 1. The zero-order valence-electron chi connectivity index (χ0n) is 9.92. The van der Waals surface area contributed by atoms with Gasteiger partial charge >= 0.3 is 0 Å². The first-order valence-electron chi connectivity index (χ1n) is 5.42. The number of phenolic OH excluding ortho intramolecular Hbond substituents is 1. The number of hydrogen-bond donors (Lipinski definition) is 3. The van der Waals surface area contributed by atoms with Crippen molar-refractivity contribution in [1.82, 2.24) is 4.98 Å². The van der Waals surface area contributed by atoms with Gasteiger partial charge in [-0.3, -0.25) is 4.79 Å². The minimum Gasteiger partial charge on any atom is -0.508 e. The standard InChI is InChI=1S/C14H11N3O2/c15-13-12(14(16)19)7-10(8-17-13)5-4-9-2-1-3-11(18)6-9/h1-3,6-8,18H,(H2,15,17)(H2,16,19). The summed E-state index contributed by atoms with van der Waals surface area (Å²) in [4.78, 5) is 15.0. The number of hydrogen-bond acceptors (Lipinski definition) is 4. The predicted molar refractivity (Wildman–Crippen MR) is 71.3 cm³/mol. The van der Waals surface area contributed by atoms with Crippen molar-refractivity contribution in [3.63, 3.8) is 0 Å². The number of nitrogens with zero attached hydrogens (tertiary/aromatic N) is 1. The van der Waals surface area contributed by atoms with E-state index in [9.17, 15) is 9.90 Å². The van der Waals surface area contributed by atoms with E-state index in [1.807, 2.05) is 0 Å². The highest BCUT2D eigenvalue weighted by molar-refractivity contribution is 5.97. The van der Waals surface area contributed by atoms with Crippen molar-refractivity contribution >= 4 is 11.7 Å². The Labute approximate surface area is 109 Å². The van der Waals surface area contributed by atoms with Crippen molar-refractivity contribution in [2.75, 3.05) is 5.73 Å². The molecule has 5 N–H and O–H groups in total. The molecule has 1 aromatic carbocycles. The smallest absolute Gasteiger partial charge is 0.252 e. The van der Waals surface area contributed by atoms with Gasteiger partial charge in [-0.15, -0.1) is 0 Å². The molecule has 0 spiro atoms. The van der Waals surface area contributed by atoms with Crippen LogP contribution in [0.1, 0.15) is 21.5 Å². The predicted octanol–water partition coefficient (Wildman–Crippen LogP) is 0.868. The summed E-state index contributed by atoms with van der Waals surface area (Å²) < 4.78 is 0. The lowest BCUT2D eigenvalue weighted by molar-refractivity contribution is 0.100. The van der Waals surface area contributed by atoms with E-state index in [0.29, 0.717) is 11.1 Å². The molecule has 19 heavy (non-hydrogen) atoms. The van der Waals surface area contributed by atoms with Crippen molar-refractivity contribution in [1.29, 1.82) is 0 Å². The topological polar surface area (TPSA) is 102 Å². The largest absolute Gasteiger partial charge is 0.508 e. The molecule has 1 amide bonds. The number of nitrogens with two attached hydrogens (primary N) is 2. The van der Waals surface area contributed by atoms with Crippen LogP contribution in [-0.4, -0.2) is 16.0 Å². The Morgan fingerprint density at radius 1 is 1.21 bits per heavy atom. The van der Waals surface area contributed by atoms with Gasteiger partial charge in [0.1, 0.15) is 11.6 Å². The van der Waals surface area contributed by atoms with Gasteiger partial charge in [0.05, 0.1) is 5.56 Å². The summed E-state index contributed by atoms with van der Waals surface area (Å²) >= 11 is 0. The SMILES string of the molecule is NC(=O)c1cc(C#Cc2cccc(O)c2)cnc1N. The van der Waals surface area contributed by atoms with Crippen molar-refractivity contribution < 1.29 is 9.90 Å². The second-order valence-electron chi connectivity index (χ2n) is 3.82. The van der Waals surface area contributed by atoms with Crippen molar-refractivity contribution in [3.8, 4) is 17.6 Å². The van der Waals surface area contributed by atoms with Gasteiger partial charge in [0.25, 0.3) is 5.91 Å². The van der Waals surface area contributed by atoms with E-state index in [2.05, 4.69) is 16.8 Å². The second-order valence-corrected chi connectivity index (χ2v) is 3.82. The first-order valence-corrected chi connectivity index (χ1v) is 5.42. The molecule has 0 aliphatic heterocycles. The lowest BCUT2D eigenvalue weighted by Gasteiger charge is -2.00. The molecule has 1 aromatic heterocycles. The number of aromatic hydroxyl groups is 1. The highest BCUT2D eigenvalue weighted by Crippen LogP contribution is 2.11. The van der Waals surface area contributed by atoms with E-state index in [4.69, 9.17) is 11.5 Å². The molecule has 0 aliphatic rings. The van der Waals surface area contributed by atoms with Crippen LogP contribution in [0.25, 0.3) is 0 Å². The summed E-state index contributed by atoms with van der Waals surface area (Å²) in [5.74, 6) is 5.24. The molecule has 0 atom stereocenters. The zero-order valence-corrected chi connectivity index (χ0v) is 9.92. The van der Waals surface area contributed by atoms with Crippen LogP contribution in [0, 0.1) is 11.8 Å². The summed E-state index contributed by atoms with van der Waals surface area (Å²) in [6.45, 7) is 0. The maximum atomic E-state index is 11.1. The molecule has 1 heterocycles. The molecule has 2 aromatic rings. The van der Waals surface area contributed by atoms with E-state index >= 15 is 0 Å². The van der Waals surface area contributed by atoms with E-state index in [-0.39, 0.29) is 17.1 Å². The van der Waals surface area contributed by atoms with E-state index in [0.717, 1.165) is 0 Å². The molecule has 5 heteroatoms. The fourth-order valence-corrected chi connectivity index (χ4v) is 1.47. The summed E-state index contributed by atoms with van der Waals surface area (Å²) in [7, 11) is 0. The average molecular weight is 253 g/mol. The van der Waals surface area contributed by atoms with E-state index in [1.54, 1.807) is 18.2 Å². The number of carbonyl (C=O) groups excluding carboxylic acids is 1. The quantitative estimate of drug-likeness (QED) is 0.656. The highest BCUT2D eigenvalue weighted by Gasteiger charge is 2.06. The maximum absolute atomic E-state index is 11.1. The second kappa shape index (κ2) is 5.10. The fraction of sp³-hybridized carbons (Fsp3) is 0. The number of amides is 1. The molecule has 2 rings (SSSR count). The summed E-state index contributed by atoms with van der Waals surface area (Å²) in [5, 5.41) is 9.31. The molecule has 0 fully saturated rings. The Hall–Kier alpha value is -3.00. The molecule has 94 valence electrons. The van der Waals surface area contributed by atoms with Crippen LogP contribution in [0.4, 0.5) is 5.82 Å². The van der Waals surface area contributed by atoms with Crippen LogP contribution in [0.2, 0.25) is 0 Å². The van der Waals surface area contributed by atoms with Crippen LogP contribution in [0.3, 0.4) is 0 Å². The van der Waals surface area contributed by atoms with Gasteiger partial charge in [0.15, 0.2) is 0 Å². The molecule has 5 nitrogen and oxygen atoms in total. The molecule has 0 radical (unpaired) electrons. The van der Waals surface area contributed by atoms with Gasteiger partial charge in [-0.05, 0) is 24.3 Å². The number of rotatable bonds is 1. The molecular formula is C14H11N3O2. The minimum absolute atomic E-state index is 0.0791. The number of nitrogen functional groups attached to an aromatic ring is 1. The molecule has 0 bridgehead atoms. The third-order valence-corrected chi connectivity index (χ3v) is 2.38. The Kier molecular flexibility index (Phi) is 3.35. The van der Waals surface area contributed by atoms with Crippen LogP contribution in [0.15, 0.2) is 36.5 Å². The van der Waals surface area contributed by atoms with Crippen LogP contribution in [-0.2, 0) is 0 Å². The van der Waals surface area contributed by atoms with Gasteiger partial charge < -0.3 is 16.6 Å². The number of pyridine rings is 1. The number of primary amides is 1. The van der Waals surface area contributed by atoms with Crippen LogP contribution in [0.5, 0.6) is 5.75 Å². The summed E-state index contributed by atoms with van der Waals surface area (Å²) in [5.41, 5.74) is 12.0. The molecule has 0 saturated carbocycles. The number of anilines is 1. The molecule has 0 saturated heterocycles. The first kappa shape index (κ1) is 12.5. The number of aromatic nitrogens is 1. The van der Waals surface area contributed by atoms with Gasteiger partial charge in [-0.1, -0.05) is 17.9 Å². The first-order chi connectivity index (χ1) is 9.06. The third-order valence-electron chi connectivity index (χ3n) is 2.38. The van der Waals surface area contributed by atoms with Gasteiger partial charge in [-0.25, -0.2) is 4.98 Å². The van der Waals surface area contributed by atoms with E-state index < -0.39 is 5.91 Å². The van der Waals surface area contributed by atoms with Gasteiger partial charge in [-0.2, -0.15) is 0 Å². The maximum Gasteiger partial charge on any atom is 0.252 e. The molecule has 0 aliphatic carbocycles. The zero-order chi connectivity index (χ0) is 13.8. The summed E-state index contributed by atoms with van der Waals surface area (Å²) in [6, 6.07) is 8.02. The third kappa shape index (κ3) is 3.01.